The van der Waals surface area contributed by atoms with Crippen molar-refractivity contribution >= 4 is 48.8 Å². The van der Waals surface area contributed by atoms with Gasteiger partial charge in [-0.05, 0) is 112 Å². The second-order valence-corrected chi connectivity index (χ2v) is 41.1. The third-order valence-electron chi connectivity index (χ3n) is 15.6. The van der Waals surface area contributed by atoms with Crippen molar-refractivity contribution in [2.24, 2.45) is 5.92 Å². The third kappa shape index (κ3) is 20.0. The number of rotatable bonds is 30. The normalized spacial score (nSPS) is 16.8. The fraction of sp³-hybridized carbons (Fsp3) is 0.571. The van der Waals surface area contributed by atoms with Crippen molar-refractivity contribution in [1.29, 1.82) is 0 Å². The molecule has 0 saturated carbocycles. The Labute approximate surface area is 470 Å². The number of carbonyl (C=O) groups excluding carboxylic acids is 1. The number of carbonyl (C=O) groups is 1. The molecule has 7 atom stereocenters. The zero-order valence-corrected chi connectivity index (χ0v) is 55.0. The van der Waals surface area contributed by atoms with E-state index in [2.05, 4.69) is 161 Å². The summed E-state index contributed by atoms with van der Waals surface area (Å²) in [5.41, 5.74) is 2.22. The highest BCUT2D eigenvalue weighted by atomic mass is 31.2. The molecule has 0 saturated heterocycles. The maximum atomic E-state index is 14.8. The van der Waals surface area contributed by atoms with Gasteiger partial charge in [0.05, 0.1) is 49.8 Å². The fourth-order valence-corrected chi connectivity index (χ4v) is 17.9. The summed E-state index contributed by atoms with van der Waals surface area (Å²) in [5.74, 6) is -0.965. The Hall–Kier alpha value is -3.31. The van der Waals surface area contributed by atoms with Gasteiger partial charge in [0.15, 0.2) is 16.6 Å². The molecule has 2 unspecified atom stereocenters. The van der Waals surface area contributed by atoms with Crippen molar-refractivity contribution in [3.05, 3.63) is 144 Å². The summed E-state index contributed by atoms with van der Waals surface area (Å²) in [6.07, 6.45) is 11.7. The zero-order valence-electron chi connectivity index (χ0n) is 51.1. The molecule has 0 aliphatic rings. The first kappa shape index (κ1) is 68.0. The Balaban J connectivity index is 2.07. The largest absolute Gasteiger partial charge is 0.410 e. The topological polar surface area (TPSA) is 122 Å². The maximum absolute atomic E-state index is 14.8. The van der Waals surface area contributed by atoms with Gasteiger partial charge in [-0.15, -0.1) is 0 Å². The van der Waals surface area contributed by atoms with Crippen molar-refractivity contribution in [2.45, 2.75) is 208 Å². The van der Waals surface area contributed by atoms with Crippen molar-refractivity contribution in [2.75, 3.05) is 19.8 Å². The molecule has 0 heterocycles. The molecule has 3 aromatic carbocycles. The van der Waals surface area contributed by atoms with E-state index in [4.69, 9.17) is 27.1 Å². The summed E-state index contributed by atoms with van der Waals surface area (Å²) >= 11 is 0. The molecule has 0 aliphatic heterocycles. The Morgan fingerprint density at radius 1 is 0.662 bits per heavy atom. The van der Waals surface area contributed by atoms with Gasteiger partial charge in [0.2, 0.25) is 5.91 Å². The number of ether oxygens (including phenoxy) is 1. The molecule has 77 heavy (non-hydrogen) atoms. The molecule has 0 aromatic heterocycles. The molecule has 3 aromatic rings. The summed E-state index contributed by atoms with van der Waals surface area (Å²) in [6.45, 7) is 43.7. The first-order valence-electron chi connectivity index (χ1n) is 28.1. The van der Waals surface area contributed by atoms with Crippen LogP contribution < -0.4 is 15.7 Å². The quantitative estimate of drug-likeness (QED) is 0.0291. The van der Waals surface area contributed by atoms with Crippen LogP contribution in [0.25, 0.3) is 0 Å². The van der Waals surface area contributed by atoms with Crippen LogP contribution in [0, 0.1) is 5.92 Å². The Morgan fingerprint density at radius 2 is 1.12 bits per heavy atom. The Morgan fingerprint density at radius 3 is 1.58 bits per heavy atom. The summed E-state index contributed by atoms with van der Waals surface area (Å²) in [7, 11) is -11.2. The van der Waals surface area contributed by atoms with Crippen molar-refractivity contribution in [1.82, 2.24) is 5.32 Å². The zero-order chi connectivity index (χ0) is 58.0. The minimum Gasteiger partial charge on any atom is -0.410 e. The number of hydrogen-bond donors (Lipinski definition) is 2. The van der Waals surface area contributed by atoms with Crippen LogP contribution in [0.5, 0.6) is 0 Å². The van der Waals surface area contributed by atoms with Crippen LogP contribution in [-0.2, 0) is 43.0 Å². The number of amides is 1. The minimum atomic E-state index is -3.73. The number of hydrogen-bond acceptors (Lipinski definition) is 9. The van der Waals surface area contributed by atoms with Crippen LogP contribution in [0.4, 0.5) is 0 Å². The van der Waals surface area contributed by atoms with E-state index < -0.39 is 62.4 Å². The second-order valence-electron chi connectivity index (χ2n) is 24.9. The van der Waals surface area contributed by atoms with E-state index in [1.165, 1.54) is 0 Å². The molecule has 430 valence electrons. The predicted molar refractivity (Wildman–Crippen MR) is 331 cm³/mol. The summed E-state index contributed by atoms with van der Waals surface area (Å²) in [6, 6.07) is 30.0. The van der Waals surface area contributed by atoms with E-state index >= 15 is 0 Å². The monoisotopic (exact) mass is 1130 g/mol. The van der Waals surface area contributed by atoms with Gasteiger partial charge in [-0.3, -0.25) is 9.36 Å². The van der Waals surface area contributed by atoms with E-state index in [1.54, 1.807) is 27.7 Å². The SMILES string of the molecule is CCOP(=O)(OCC)C(C)C(O)[C@@H](C)[C@H](/C=C(C)/C=C/[C@H](C/C=C(C)/C=C/[C@H](CCOCc1ccccc1)O[Si](C)(C)C(C)(C)C)O[Si](C)(C)C(C)(C)C)NC(=O)[C@H](C)O[Si](c1ccccc1)(c1ccccc1)C(C)(C)C. The van der Waals surface area contributed by atoms with Crippen LogP contribution in [-0.4, -0.2) is 91.9 Å². The number of nitrogens with one attached hydrogen (secondary N) is 1. The van der Waals surface area contributed by atoms with Crippen LogP contribution in [0.1, 0.15) is 129 Å². The van der Waals surface area contributed by atoms with Crippen LogP contribution in [0.2, 0.25) is 41.3 Å². The highest BCUT2D eigenvalue weighted by molar-refractivity contribution is 7.54. The van der Waals surface area contributed by atoms with Gasteiger partial charge in [-0.25, -0.2) is 0 Å². The fourth-order valence-electron chi connectivity index (χ4n) is 8.75. The first-order valence-corrected chi connectivity index (χ1v) is 37.4. The lowest BCUT2D eigenvalue weighted by atomic mass is 9.92. The highest BCUT2D eigenvalue weighted by Crippen LogP contribution is 2.55. The van der Waals surface area contributed by atoms with Gasteiger partial charge in [0.25, 0.3) is 8.32 Å². The second kappa shape index (κ2) is 29.9. The molecule has 1 amide bonds. The summed E-state index contributed by atoms with van der Waals surface area (Å²) < 4.78 is 53.1. The smallest absolute Gasteiger partial charge is 0.336 e. The number of aliphatic hydroxyl groups is 1. The molecule has 14 heteroatoms. The number of allylic oxidation sites excluding steroid dienone is 4. The maximum Gasteiger partial charge on any atom is 0.336 e. The van der Waals surface area contributed by atoms with Crippen LogP contribution in [0.15, 0.2) is 139 Å². The molecule has 0 radical (unpaired) electrons. The van der Waals surface area contributed by atoms with E-state index in [0.29, 0.717) is 19.6 Å². The van der Waals surface area contributed by atoms with E-state index in [1.807, 2.05) is 80.6 Å². The molecular weight excluding hydrogens is 1030 g/mol. The molecular formula is C63H102NO9PSi3. The van der Waals surface area contributed by atoms with Crippen molar-refractivity contribution < 1.29 is 41.5 Å². The molecule has 0 bridgehead atoms. The Kier molecular flexibility index (Phi) is 26.4. The Bertz CT molecular complexity index is 2360. The molecule has 0 fully saturated rings. The van der Waals surface area contributed by atoms with Crippen LogP contribution >= 0.6 is 7.60 Å². The summed E-state index contributed by atoms with van der Waals surface area (Å²) in [4.78, 5) is 14.8. The van der Waals surface area contributed by atoms with Gasteiger partial charge in [0, 0.05) is 12.5 Å². The van der Waals surface area contributed by atoms with E-state index in [0.717, 1.165) is 33.5 Å². The van der Waals surface area contributed by atoms with Gasteiger partial charge in [-0.2, -0.15) is 0 Å². The summed E-state index contributed by atoms with van der Waals surface area (Å²) in [5, 5.41) is 17.2. The molecule has 2 N–H and O–H groups in total. The molecule has 0 spiro atoms. The highest BCUT2D eigenvalue weighted by Gasteiger charge is 2.52. The van der Waals surface area contributed by atoms with E-state index in [-0.39, 0.29) is 46.4 Å². The van der Waals surface area contributed by atoms with E-state index in [9.17, 15) is 14.5 Å². The lowest BCUT2D eigenvalue weighted by molar-refractivity contribution is -0.128. The van der Waals surface area contributed by atoms with Crippen LogP contribution in [0.3, 0.4) is 0 Å². The van der Waals surface area contributed by atoms with Crippen molar-refractivity contribution in [3.8, 4) is 0 Å². The third-order valence-corrected chi connectivity index (χ3v) is 32.2. The first-order chi connectivity index (χ1) is 35.7. The molecule has 0 aliphatic carbocycles. The number of aliphatic hydroxyl groups excluding tert-OH is 1. The molecule has 3 rings (SSSR count). The van der Waals surface area contributed by atoms with Gasteiger partial charge >= 0.3 is 7.60 Å². The van der Waals surface area contributed by atoms with Gasteiger partial charge < -0.3 is 37.5 Å². The van der Waals surface area contributed by atoms with Gasteiger partial charge in [0.1, 0.15) is 6.10 Å². The van der Waals surface area contributed by atoms with Crippen molar-refractivity contribution in [3.63, 3.8) is 0 Å². The lowest BCUT2D eigenvalue weighted by Gasteiger charge is -2.44. The average Bonchev–Trinajstić information content (AvgIpc) is 3.35. The molecule has 10 nitrogen and oxygen atoms in total. The predicted octanol–water partition coefficient (Wildman–Crippen LogP) is 14.9. The lowest BCUT2D eigenvalue weighted by Crippen LogP contribution is -2.68. The minimum absolute atomic E-state index is 0.0349. The number of benzene rings is 3. The average molecular weight is 1130 g/mol. The van der Waals surface area contributed by atoms with Gasteiger partial charge in [-0.1, -0.05) is 208 Å². The standard InChI is InChI=1S/C63H102NO9PSi3/c1-21-69-74(67,70-22-2)52(7)59(65)50(5)58(64-60(66)51(6)71-77(63(14,15)16,56-34-28-24-29-35-56)57-36-30-25-31-37-57)46-49(4)40-43-54(72-75(17,18)61(8,9)10)41-38-48(3)39-42-55(73-76(19,20)62(11,12)13)44-45-68-47-53-32-26-23-27-33-53/h23-40,42-43,46,50-52,54-55,58-59,65H,21-22,41,44-45,47H2,1-20H3,(H,64,66)/b42-39+,43-40+,48-38+,49-46+/t50-,51-,52?,54-,55+,58-,59?/m0/s1.